The molecule has 0 fully saturated rings. The number of nitrogens with zero attached hydrogens (tertiary/aromatic N) is 2. The van der Waals surface area contributed by atoms with E-state index < -0.39 is 5.97 Å². The van der Waals surface area contributed by atoms with Crippen LogP contribution in [0.15, 0.2) is 18.3 Å². The molecule has 18 heavy (non-hydrogen) atoms. The van der Waals surface area contributed by atoms with E-state index in [-0.39, 0.29) is 5.56 Å². The number of pyridine rings is 1. The van der Waals surface area contributed by atoms with Gasteiger partial charge >= 0.3 is 5.97 Å². The summed E-state index contributed by atoms with van der Waals surface area (Å²) in [7, 11) is 0. The van der Waals surface area contributed by atoms with Crippen LogP contribution in [0.25, 0.3) is 0 Å². The maximum Gasteiger partial charge on any atom is 0.335 e. The third-order valence-electron chi connectivity index (χ3n) is 2.31. The number of hydrogen-bond acceptors (Lipinski definition) is 5. The molecule has 0 unspecified atom stereocenters. The van der Waals surface area contributed by atoms with E-state index >= 15 is 0 Å². The number of aromatic nitrogens is 2. The molecule has 0 saturated carbocycles. The zero-order valence-electron chi connectivity index (χ0n) is 10.1. The summed E-state index contributed by atoms with van der Waals surface area (Å²) in [6.07, 6.45) is 1.81. The number of aromatic carboxylic acids is 1. The Labute approximate surface area is 109 Å². The van der Waals surface area contributed by atoms with Gasteiger partial charge in [0.1, 0.15) is 5.82 Å². The second kappa shape index (κ2) is 5.14. The molecule has 0 atom stereocenters. The highest BCUT2D eigenvalue weighted by Gasteiger charge is 2.06. The van der Waals surface area contributed by atoms with Crippen molar-refractivity contribution in [1.82, 2.24) is 9.97 Å². The molecule has 2 rings (SSSR count). The number of rotatable bonds is 4. The van der Waals surface area contributed by atoms with Gasteiger partial charge in [0, 0.05) is 16.8 Å². The molecule has 0 aliphatic heterocycles. The van der Waals surface area contributed by atoms with Crippen molar-refractivity contribution in [2.24, 2.45) is 0 Å². The van der Waals surface area contributed by atoms with Crippen LogP contribution in [-0.4, -0.2) is 21.0 Å². The largest absolute Gasteiger partial charge is 0.478 e. The van der Waals surface area contributed by atoms with Crippen LogP contribution in [-0.2, 0) is 6.54 Å². The fraction of sp³-hybridized carbons (Fsp3) is 0.250. The third kappa shape index (κ3) is 3.04. The van der Waals surface area contributed by atoms with E-state index in [1.54, 1.807) is 30.5 Å². The Bertz CT molecular complexity index is 580. The Kier molecular flexibility index (Phi) is 3.57. The Balaban J connectivity index is 2.11. The first-order chi connectivity index (χ1) is 8.54. The monoisotopic (exact) mass is 263 g/mol. The molecule has 0 saturated heterocycles. The maximum atomic E-state index is 10.9. The number of anilines is 1. The fourth-order valence-electron chi connectivity index (χ4n) is 1.55. The molecule has 5 nitrogen and oxygen atoms in total. The summed E-state index contributed by atoms with van der Waals surface area (Å²) in [6, 6.07) is 3.08. The second-order valence-electron chi connectivity index (χ2n) is 3.89. The SMILES string of the molecule is Cc1cc(C(=O)O)cc(NCc2cnc(C)s2)n1. The summed E-state index contributed by atoms with van der Waals surface area (Å²) in [6.45, 7) is 4.32. The molecule has 0 aromatic carbocycles. The molecule has 94 valence electrons. The van der Waals surface area contributed by atoms with E-state index in [1.807, 2.05) is 6.92 Å². The van der Waals surface area contributed by atoms with Crippen LogP contribution in [0.3, 0.4) is 0 Å². The van der Waals surface area contributed by atoms with E-state index in [0.29, 0.717) is 18.1 Å². The van der Waals surface area contributed by atoms with Crippen molar-refractivity contribution in [2.45, 2.75) is 20.4 Å². The van der Waals surface area contributed by atoms with Gasteiger partial charge in [0.15, 0.2) is 0 Å². The predicted octanol–water partition coefficient (Wildman–Crippen LogP) is 2.47. The number of aryl methyl sites for hydroxylation is 2. The van der Waals surface area contributed by atoms with Gasteiger partial charge in [-0.05, 0) is 26.0 Å². The lowest BCUT2D eigenvalue weighted by Gasteiger charge is -2.06. The Morgan fingerprint density at radius 3 is 2.83 bits per heavy atom. The minimum atomic E-state index is -0.947. The van der Waals surface area contributed by atoms with Crippen molar-refractivity contribution in [3.8, 4) is 0 Å². The van der Waals surface area contributed by atoms with Gasteiger partial charge in [0.25, 0.3) is 0 Å². The van der Waals surface area contributed by atoms with Crippen molar-refractivity contribution in [1.29, 1.82) is 0 Å². The number of carbonyl (C=O) groups is 1. The van der Waals surface area contributed by atoms with Gasteiger partial charge in [-0.2, -0.15) is 0 Å². The first-order valence-electron chi connectivity index (χ1n) is 5.42. The van der Waals surface area contributed by atoms with Crippen LogP contribution in [0.5, 0.6) is 0 Å². The van der Waals surface area contributed by atoms with Crippen molar-refractivity contribution >= 4 is 23.1 Å². The van der Waals surface area contributed by atoms with Crippen LogP contribution >= 0.6 is 11.3 Å². The van der Waals surface area contributed by atoms with Gasteiger partial charge in [-0.3, -0.25) is 0 Å². The molecular weight excluding hydrogens is 250 g/mol. The number of carboxylic acid groups (broad SMARTS) is 1. The van der Waals surface area contributed by atoms with Gasteiger partial charge in [0.2, 0.25) is 0 Å². The predicted molar refractivity (Wildman–Crippen MR) is 70.1 cm³/mol. The standard InChI is InChI=1S/C12H13N3O2S/c1-7-3-9(12(16)17)4-11(15-7)14-6-10-5-13-8(2)18-10/h3-5H,6H2,1-2H3,(H,14,15)(H,16,17). The first-order valence-corrected chi connectivity index (χ1v) is 6.23. The van der Waals surface area contributed by atoms with Gasteiger partial charge in [-0.1, -0.05) is 0 Å². The topological polar surface area (TPSA) is 75.1 Å². The molecule has 0 spiro atoms. The van der Waals surface area contributed by atoms with Gasteiger partial charge in [-0.15, -0.1) is 11.3 Å². The summed E-state index contributed by atoms with van der Waals surface area (Å²) in [4.78, 5) is 20.4. The molecule has 6 heteroatoms. The highest BCUT2D eigenvalue weighted by molar-refractivity contribution is 7.11. The van der Waals surface area contributed by atoms with E-state index in [1.165, 1.54) is 6.07 Å². The Hall–Kier alpha value is -1.95. The van der Waals surface area contributed by atoms with E-state index in [2.05, 4.69) is 15.3 Å². The molecule has 0 amide bonds. The summed E-state index contributed by atoms with van der Waals surface area (Å²) < 4.78 is 0. The lowest BCUT2D eigenvalue weighted by Crippen LogP contribution is -2.04. The van der Waals surface area contributed by atoms with Crippen LogP contribution in [0.1, 0.15) is 25.9 Å². The summed E-state index contributed by atoms with van der Waals surface area (Å²) in [5.41, 5.74) is 0.920. The normalized spacial score (nSPS) is 10.3. The minimum Gasteiger partial charge on any atom is -0.478 e. The lowest BCUT2D eigenvalue weighted by molar-refractivity contribution is 0.0696. The van der Waals surface area contributed by atoms with Gasteiger partial charge in [-0.25, -0.2) is 14.8 Å². The minimum absolute atomic E-state index is 0.241. The van der Waals surface area contributed by atoms with Crippen LogP contribution in [0.4, 0.5) is 5.82 Å². The van der Waals surface area contributed by atoms with E-state index in [0.717, 1.165) is 9.88 Å². The zero-order chi connectivity index (χ0) is 13.1. The Morgan fingerprint density at radius 1 is 1.44 bits per heavy atom. The van der Waals surface area contributed by atoms with E-state index in [9.17, 15) is 4.79 Å². The van der Waals surface area contributed by atoms with Crippen molar-refractivity contribution in [3.05, 3.63) is 39.5 Å². The number of carboxylic acids is 1. The first kappa shape index (κ1) is 12.5. The summed E-state index contributed by atoms with van der Waals surface area (Å²) >= 11 is 1.60. The molecule has 2 heterocycles. The second-order valence-corrected chi connectivity index (χ2v) is 5.21. The van der Waals surface area contributed by atoms with Crippen molar-refractivity contribution in [3.63, 3.8) is 0 Å². The van der Waals surface area contributed by atoms with E-state index in [4.69, 9.17) is 5.11 Å². The van der Waals surface area contributed by atoms with Crippen LogP contribution in [0.2, 0.25) is 0 Å². The smallest absolute Gasteiger partial charge is 0.335 e. The molecular formula is C12H13N3O2S. The molecule has 0 bridgehead atoms. The molecule has 2 N–H and O–H groups in total. The third-order valence-corrected chi connectivity index (χ3v) is 3.23. The lowest BCUT2D eigenvalue weighted by atomic mass is 10.2. The molecule has 0 radical (unpaired) electrons. The van der Waals surface area contributed by atoms with Gasteiger partial charge < -0.3 is 10.4 Å². The van der Waals surface area contributed by atoms with Crippen molar-refractivity contribution < 1.29 is 9.90 Å². The van der Waals surface area contributed by atoms with Crippen LogP contribution < -0.4 is 5.32 Å². The summed E-state index contributed by atoms with van der Waals surface area (Å²) in [5, 5.41) is 13.1. The number of hydrogen-bond donors (Lipinski definition) is 2. The highest BCUT2D eigenvalue weighted by atomic mass is 32.1. The van der Waals surface area contributed by atoms with Crippen LogP contribution in [0, 0.1) is 13.8 Å². The summed E-state index contributed by atoms with van der Waals surface area (Å²) in [5.74, 6) is -0.379. The molecule has 0 aliphatic carbocycles. The average Bonchev–Trinajstić information content (AvgIpc) is 2.72. The van der Waals surface area contributed by atoms with Crippen molar-refractivity contribution in [2.75, 3.05) is 5.32 Å². The average molecular weight is 263 g/mol. The fourth-order valence-corrected chi connectivity index (χ4v) is 2.28. The number of thiazole rings is 1. The number of nitrogens with one attached hydrogen (secondary N) is 1. The quantitative estimate of drug-likeness (QED) is 0.886. The Morgan fingerprint density at radius 2 is 2.22 bits per heavy atom. The van der Waals surface area contributed by atoms with Gasteiger partial charge in [0.05, 0.1) is 17.1 Å². The highest BCUT2D eigenvalue weighted by Crippen LogP contribution is 2.15. The molecule has 2 aromatic heterocycles. The molecule has 0 aliphatic rings. The molecule has 2 aromatic rings. The zero-order valence-corrected chi connectivity index (χ0v) is 10.9. The maximum absolute atomic E-state index is 10.9.